The summed E-state index contributed by atoms with van der Waals surface area (Å²) >= 11 is 0. The number of hydrogen-bond acceptors (Lipinski definition) is 9. The van der Waals surface area contributed by atoms with Crippen LogP contribution in [0.3, 0.4) is 0 Å². The van der Waals surface area contributed by atoms with E-state index in [-0.39, 0.29) is 6.61 Å². The lowest BCUT2D eigenvalue weighted by Crippen LogP contribution is -2.64. The van der Waals surface area contributed by atoms with E-state index in [2.05, 4.69) is 0 Å². The van der Waals surface area contributed by atoms with Gasteiger partial charge in [0.2, 0.25) is 5.79 Å². The smallest absolute Gasteiger partial charge is 0.348 e. The van der Waals surface area contributed by atoms with Gasteiger partial charge in [-0.3, -0.25) is 0 Å². The molecule has 23 heavy (non-hydrogen) atoms. The number of aliphatic hydroxyl groups excluding tert-OH is 4. The first-order chi connectivity index (χ1) is 10.8. The van der Waals surface area contributed by atoms with Gasteiger partial charge in [-0.2, -0.15) is 5.26 Å². The summed E-state index contributed by atoms with van der Waals surface area (Å²) in [7, 11) is 0. The Balaban J connectivity index is 2.99. The second-order valence-corrected chi connectivity index (χ2v) is 5.18. The molecule has 1 fully saturated rings. The Labute approximate surface area is 133 Å². The van der Waals surface area contributed by atoms with Crippen LogP contribution in [0, 0.1) is 11.3 Å². The molecule has 0 spiro atoms. The van der Waals surface area contributed by atoms with E-state index in [1.54, 1.807) is 0 Å². The quantitative estimate of drug-likeness (QED) is 0.159. The topological polar surface area (TPSA) is 160 Å². The Morgan fingerprint density at radius 3 is 2.57 bits per heavy atom. The Kier molecular flexibility index (Phi) is 7.08. The average molecular weight is 331 g/mol. The molecule has 9 heteroatoms. The number of carbonyl (C=O) groups is 1. The average Bonchev–Trinajstić information content (AvgIpc) is 2.54. The first kappa shape index (κ1) is 19.5. The fourth-order valence-electron chi connectivity index (χ4n) is 2.03. The zero-order valence-corrected chi connectivity index (χ0v) is 12.6. The molecular weight excluding hydrogens is 310 g/mol. The van der Waals surface area contributed by atoms with Crippen molar-refractivity contribution in [3.8, 4) is 6.07 Å². The fourth-order valence-corrected chi connectivity index (χ4v) is 2.03. The lowest BCUT2D eigenvalue weighted by atomic mass is 9.91. The van der Waals surface area contributed by atoms with Crippen molar-refractivity contribution in [1.82, 2.24) is 0 Å². The van der Waals surface area contributed by atoms with Crippen molar-refractivity contribution in [2.24, 2.45) is 0 Å². The largest absolute Gasteiger partial charge is 0.462 e. The number of carbonyl (C=O) groups excluding carboxylic acids is 1. The van der Waals surface area contributed by atoms with Gasteiger partial charge in [-0.15, -0.1) is 0 Å². The van der Waals surface area contributed by atoms with Gasteiger partial charge in [0.25, 0.3) is 0 Å². The zero-order chi connectivity index (χ0) is 17.6. The van der Waals surface area contributed by atoms with Crippen molar-refractivity contribution in [3.05, 3.63) is 11.6 Å². The highest BCUT2D eigenvalue weighted by Gasteiger charge is 2.52. The van der Waals surface area contributed by atoms with E-state index >= 15 is 0 Å². The standard InChI is InChI=1S/C14H21NO8/c1-2-3-4-22-13(20)8(6-15)5-14(21)12(19)11(18)10(17)9(7-16)23-14/h5,9-12,16-19,21H,2-4,7H2,1H3/b8-5+/t9-,10-,11+,12-,14+/m1/s1. The lowest BCUT2D eigenvalue weighted by molar-refractivity contribution is -0.327. The number of nitrogens with zero attached hydrogens (tertiary/aromatic N) is 1. The van der Waals surface area contributed by atoms with Crippen LogP contribution in [-0.2, 0) is 14.3 Å². The lowest BCUT2D eigenvalue weighted by Gasteiger charge is -2.43. The molecule has 5 N–H and O–H groups in total. The molecule has 9 nitrogen and oxygen atoms in total. The van der Waals surface area contributed by atoms with E-state index < -0.39 is 48.4 Å². The van der Waals surface area contributed by atoms with Gasteiger partial charge in [0.05, 0.1) is 13.2 Å². The van der Waals surface area contributed by atoms with Gasteiger partial charge in [0, 0.05) is 6.08 Å². The second-order valence-electron chi connectivity index (χ2n) is 5.18. The first-order valence-electron chi connectivity index (χ1n) is 7.16. The Hall–Kier alpha value is -1.54. The monoisotopic (exact) mass is 331 g/mol. The number of esters is 1. The second kappa shape index (κ2) is 8.35. The number of nitriles is 1. The molecule has 0 aromatic heterocycles. The fraction of sp³-hybridized carbons (Fsp3) is 0.714. The highest BCUT2D eigenvalue weighted by atomic mass is 16.7. The van der Waals surface area contributed by atoms with Gasteiger partial charge < -0.3 is 35.0 Å². The maximum absolute atomic E-state index is 11.7. The van der Waals surface area contributed by atoms with Crippen LogP contribution in [0.15, 0.2) is 11.6 Å². The summed E-state index contributed by atoms with van der Waals surface area (Å²) in [5.41, 5.74) is -0.636. The number of rotatable bonds is 6. The number of ether oxygens (including phenoxy) is 2. The van der Waals surface area contributed by atoms with Crippen LogP contribution in [0.1, 0.15) is 19.8 Å². The number of unbranched alkanes of at least 4 members (excludes halogenated alkanes) is 1. The minimum Gasteiger partial charge on any atom is -0.462 e. The third-order valence-electron chi connectivity index (χ3n) is 3.42. The summed E-state index contributed by atoms with van der Waals surface area (Å²) in [5.74, 6) is -3.66. The third-order valence-corrected chi connectivity index (χ3v) is 3.42. The van der Waals surface area contributed by atoms with Crippen LogP contribution < -0.4 is 0 Å². The van der Waals surface area contributed by atoms with Crippen LogP contribution in [0.5, 0.6) is 0 Å². The zero-order valence-electron chi connectivity index (χ0n) is 12.6. The predicted molar refractivity (Wildman–Crippen MR) is 74.5 cm³/mol. The maximum atomic E-state index is 11.7. The molecule has 1 saturated heterocycles. The van der Waals surface area contributed by atoms with Crippen molar-refractivity contribution in [1.29, 1.82) is 5.26 Å². The minimum atomic E-state index is -2.64. The van der Waals surface area contributed by atoms with Gasteiger partial charge >= 0.3 is 5.97 Å². The van der Waals surface area contributed by atoms with Crippen molar-refractivity contribution >= 4 is 5.97 Å². The molecule has 0 aromatic rings. The number of aliphatic hydroxyl groups is 5. The molecule has 0 aliphatic carbocycles. The van der Waals surface area contributed by atoms with Crippen molar-refractivity contribution in [2.75, 3.05) is 13.2 Å². The molecule has 1 aliphatic heterocycles. The molecule has 5 atom stereocenters. The van der Waals surface area contributed by atoms with Crippen LogP contribution in [0.2, 0.25) is 0 Å². The Bertz CT molecular complexity index is 486. The van der Waals surface area contributed by atoms with Crippen LogP contribution >= 0.6 is 0 Å². The van der Waals surface area contributed by atoms with Crippen molar-refractivity contribution in [2.45, 2.75) is 50.0 Å². The van der Waals surface area contributed by atoms with Crippen molar-refractivity contribution in [3.63, 3.8) is 0 Å². The molecule has 1 rings (SSSR count). The maximum Gasteiger partial charge on any atom is 0.348 e. The summed E-state index contributed by atoms with van der Waals surface area (Å²) in [6, 6.07) is 1.51. The molecule has 0 aromatic carbocycles. The summed E-state index contributed by atoms with van der Waals surface area (Å²) in [6.45, 7) is 1.20. The van der Waals surface area contributed by atoms with Gasteiger partial charge in [-0.1, -0.05) is 13.3 Å². The van der Waals surface area contributed by atoms with E-state index in [1.165, 1.54) is 6.07 Å². The highest BCUT2D eigenvalue weighted by Crippen LogP contribution is 2.30. The third kappa shape index (κ3) is 4.48. The van der Waals surface area contributed by atoms with Gasteiger partial charge in [0.1, 0.15) is 36.1 Å². The Morgan fingerprint density at radius 1 is 1.39 bits per heavy atom. The van der Waals surface area contributed by atoms with Gasteiger partial charge in [-0.25, -0.2) is 4.79 Å². The van der Waals surface area contributed by atoms with Gasteiger partial charge in [-0.05, 0) is 6.42 Å². The Morgan fingerprint density at radius 2 is 2.04 bits per heavy atom. The summed E-state index contributed by atoms with van der Waals surface area (Å²) in [5, 5.41) is 57.5. The van der Waals surface area contributed by atoms with E-state index in [4.69, 9.17) is 19.8 Å². The van der Waals surface area contributed by atoms with Crippen LogP contribution in [0.4, 0.5) is 0 Å². The molecule has 0 radical (unpaired) electrons. The molecule has 0 unspecified atom stereocenters. The predicted octanol–water partition coefficient (Wildman–Crippen LogP) is -2.06. The highest BCUT2D eigenvalue weighted by molar-refractivity contribution is 5.92. The number of hydrogen-bond donors (Lipinski definition) is 5. The van der Waals surface area contributed by atoms with Crippen molar-refractivity contribution < 1.29 is 39.8 Å². The van der Waals surface area contributed by atoms with Crippen LogP contribution in [-0.4, -0.2) is 74.9 Å². The molecule has 130 valence electrons. The van der Waals surface area contributed by atoms with Gasteiger partial charge in [0.15, 0.2) is 0 Å². The van der Waals surface area contributed by atoms with E-state index in [0.717, 1.165) is 6.42 Å². The molecule has 0 saturated carbocycles. The molecule has 1 aliphatic rings. The van der Waals surface area contributed by atoms with E-state index in [1.807, 2.05) is 6.92 Å². The SMILES string of the molecule is CCCCOC(=O)/C(C#N)=C/[C@]1(O)O[C@H](CO)[C@@H](O)[C@H](O)[C@H]1O. The molecule has 0 amide bonds. The molecule has 0 bridgehead atoms. The summed E-state index contributed by atoms with van der Waals surface area (Å²) in [4.78, 5) is 11.7. The first-order valence-corrected chi connectivity index (χ1v) is 7.16. The van der Waals surface area contributed by atoms with E-state index in [9.17, 15) is 25.2 Å². The summed E-state index contributed by atoms with van der Waals surface area (Å²) < 4.78 is 9.76. The molecule has 1 heterocycles. The molecular formula is C14H21NO8. The normalized spacial score (nSPS) is 34.7. The summed E-state index contributed by atoms with van der Waals surface area (Å²) in [6.07, 6.45) is -4.98. The van der Waals surface area contributed by atoms with Crippen LogP contribution in [0.25, 0.3) is 0 Å². The minimum absolute atomic E-state index is 0.0802. The van der Waals surface area contributed by atoms with E-state index in [0.29, 0.717) is 12.5 Å².